The fraction of sp³-hybridized carbons (Fsp3) is 0.667. The molecule has 0 aromatic carbocycles. The van der Waals surface area contributed by atoms with Crippen molar-refractivity contribution in [1.29, 1.82) is 0 Å². The van der Waals surface area contributed by atoms with Crippen molar-refractivity contribution in [3.63, 3.8) is 0 Å². The number of carbonyl (C=O) groups is 1. The van der Waals surface area contributed by atoms with E-state index in [1.807, 2.05) is 53.7 Å². The second kappa shape index (κ2) is 7.28. The Morgan fingerprint density at radius 1 is 1.33 bits per heavy atom. The molecule has 0 N–H and O–H groups in total. The molecular formula is C18H29N3O3. The molecule has 1 aliphatic heterocycles. The molecule has 2 rings (SSSR count). The lowest BCUT2D eigenvalue weighted by Crippen LogP contribution is -2.55. The molecular weight excluding hydrogens is 306 g/mol. The Kier molecular flexibility index (Phi) is 5.57. The highest BCUT2D eigenvalue weighted by atomic mass is 16.6. The minimum absolute atomic E-state index is 0.0798. The molecule has 1 unspecified atom stereocenters. The molecule has 24 heavy (non-hydrogen) atoms. The van der Waals surface area contributed by atoms with Gasteiger partial charge in [-0.3, -0.25) is 0 Å². The van der Waals surface area contributed by atoms with Crippen molar-refractivity contribution in [3.8, 4) is 5.88 Å². The smallest absolute Gasteiger partial charge is 0.410 e. The highest BCUT2D eigenvalue weighted by Gasteiger charge is 2.31. The highest BCUT2D eigenvalue weighted by molar-refractivity contribution is 5.69. The van der Waals surface area contributed by atoms with Crippen LogP contribution in [0.4, 0.5) is 10.5 Å². The number of aromatic nitrogens is 1. The van der Waals surface area contributed by atoms with E-state index >= 15 is 0 Å². The summed E-state index contributed by atoms with van der Waals surface area (Å²) in [6.07, 6.45) is 1.61. The fourth-order valence-corrected chi connectivity index (χ4v) is 2.69. The summed E-state index contributed by atoms with van der Waals surface area (Å²) in [5.74, 6) is 0.629. The summed E-state index contributed by atoms with van der Waals surface area (Å²) in [6.45, 7) is 13.8. The Bertz CT molecular complexity index is 569. The zero-order valence-electron chi connectivity index (χ0n) is 15.6. The molecule has 0 saturated carbocycles. The van der Waals surface area contributed by atoms with Gasteiger partial charge in [-0.15, -0.1) is 0 Å². The van der Waals surface area contributed by atoms with E-state index in [0.717, 1.165) is 18.8 Å². The maximum atomic E-state index is 12.3. The van der Waals surface area contributed by atoms with Crippen LogP contribution in [0.1, 0.15) is 41.5 Å². The van der Waals surface area contributed by atoms with E-state index in [0.29, 0.717) is 12.4 Å². The van der Waals surface area contributed by atoms with Gasteiger partial charge in [0.1, 0.15) is 5.60 Å². The van der Waals surface area contributed by atoms with Crippen LogP contribution in [0.5, 0.6) is 5.88 Å². The molecule has 6 nitrogen and oxygen atoms in total. The van der Waals surface area contributed by atoms with Gasteiger partial charge in [0.2, 0.25) is 5.88 Å². The van der Waals surface area contributed by atoms with Gasteiger partial charge in [0.05, 0.1) is 6.10 Å². The third-order valence-corrected chi connectivity index (χ3v) is 3.70. The topological polar surface area (TPSA) is 54.9 Å². The van der Waals surface area contributed by atoms with Crippen molar-refractivity contribution in [2.75, 3.05) is 24.5 Å². The number of nitrogens with zero attached hydrogens (tertiary/aromatic N) is 3. The van der Waals surface area contributed by atoms with E-state index in [1.165, 1.54) is 0 Å². The first-order valence-electron chi connectivity index (χ1n) is 8.53. The number of amides is 1. The molecule has 134 valence electrons. The van der Waals surface area contributed by atoms with Crippen LogP contribution >= 0.6 is 0 Å². The Labute approximate surface area is 144 Å². The normalized spacial score (nSPS) is 18.7. The predicted molar refractivity (Wildman–Crippen MR) is 94.6 cm³/mol. The molecule has 1 fully saturated rings. The molecule has 0 aliphatic carbocycles. The molecule has 1 aromatic heterocycles. The van der Waals surface area contributed by atoms with Crippen molar-refractivity contribution < 1.29 is 14.3 Å². The molecule has 1 aliphatic rings. The summed E-state index contributed by atoms with van der Waals surface area (Å²) in [4.78, 5) is 20.6. The lowest BCUT2D eigenvalue weighted by Gasteiger charge is -2.41. The number of carbonyl (C=O) groups excluding carboxylic acids is 1. The molecule has 0 spiro atoms. The fourth-order valence-electron chi connectivity index (χ4n) is 2.69. The number of hydrogen-bond acceptors (Lipinski definition) is 5. The molecule has 0 bridgehead atoms. The van der Waals surface area contributed by atoms with Gasteiger partial charge in [0, 0.05) is 43.6 Å². The van der Waals surface area contributed by atoms with Gasteiger partial charge in [0.25, 0.3) is 0 Å². The van der Waals surface area contributed by atoms with E-state index in [2.05, 4.69) is 9.88 Å². The van der Waals surface area contributed by atoms with E-state index in [1.54, 1.807) is 11.1 Å². The van der Waals surface area contributed by atoms with Crippen molar-refractivity contribution in [2.24, 2.45) is 0 Å². The van der Waals surface area contributed by atoms with E-state index in [4.69, 9.17) is 9.47 Å². The van der Waals surface area contributed by atoms with Crippen LogP contribution in [0.25, 0.3) is 0 Å². The summed E-state index contributed by atoms with van der Waals surface area (Å²) in [5, 5.41) is 0. The second-order valence-corrected chi connectivity index (χ2v) is 7.49. The monoisotopic (exact) mass is 335 g/mol. The van der Waals surface area contributed by atoms with Crippen molar-refractivity contribution in [3.05, 3.63) is 18.3 Å². The van der Waals surface area contributed by atoms with Crippen LogP contribution in [-0.2, 0) is 4.74 Å². The molecule has 1 atom stereocenters. The van der Waals surface area contributed by atoms with Crippen LogP contribution < -0.4 is 9.64 Å². The number of anilines is 1. The van der Waals surface area contributed by atoms with Crippen LogP contribution in [0, 0.1) is 0 Å². The summed E-state index contributed by atoms with van der Waals surface area (Å²) >= 11 is 0. The average molecular weight is 335 g/mol. The largest absolute Gasteiger partial charge is 0.475 e. The van der Waals surface area contributed by atoms with Gasteiger partial charge in [-0.05, 0) is 47.6 Å². The van der Waals surface area contributed by atoms with E-state index in [9.17, 15) is 4.79 Å². The number of ether oxygens (including phenoxy) is 2. The predicted octanol–water partition coefficient (Wildman–Crippen LogP) is 3.31. The molecule has 1 saturated heterocycles. The van der Waals surface area contributed by atoms with Gasteiger partial charge in [-0.2, -0.15) is 0 Å². The maximum Gasteiger partial charge on any atom is 0.410 e. The maximum absolute atomic E-state index is 12.3. The standard InChI is InChI=1S/C18H29N3O3/c1-13(2)23-16-11-15(7-8-19-16)20-9-10-21(14(3)12-20)17(22)24-18(4,5)6/h7-8,11,13-14H,9-10,12H2,1-6H3. The summed E-state index contributed by atoms with van der Waals surface area (Å²) in [7, 11) is 0. The van der Waals surface area contributed by atoms with Gasteiger partial charge < -0.3 is 19.3 Å². The Hall–Kier alpha value is -1.98. The molecule has 1 aromatic rings. The summed E-state index contributed by atoms with van der Waals surface area (Å²) < 4.78 is 11.2. The molecule has 0 radical (unpaired) electrons. The lowest BCUT2D eigenvalue weighted by atomic mass is 10.1. The molecule has 6 heteroatoms. The van der Waals surface area contributed by atoms with Crippen molar-refractivity contribution >= 4 is 11.8 Å². The highest BCUT2D eigenvalue weighted by Crippen LogP contribution is 2.23. The van der Waals surface area contributed by atoms with Crippen molar-refractivity contribution in [1.82, 2.24) is 9.88 Å². The quantitative estimate of drug-likeness (QED) is 0.848. The Morgan fingerprint density at radius 3 is 2.62 bits per heavy atom. The number of piperazine rings is 1. The van der Waals surface area contributed by atoms with Gasteiger partial charge in [-0.1, -0.05) is 0 Å². The van der Waals surface area contributed by atoms with Crippen LogP contribution in [0.15, 0.2) is 18.3 Å². The summed E-state index contributed by atoms with van der Waals surface area (Å²) in [6, 6.07) is 4.01. The van der Waals surface area contributed by atoms with E-state index in [-0.39, 0.29) is 18.2 Å². The van der Waals surface area contributed by atoms with Gasteiger partial charge >= 0.3 is 6.09 Å². The SMILES string of the molecule is CC(C)Oc1cc(N2CCN(C(=O)OC(C)(C)C)C(C)C2)ccn1. The number of pyridine rings is 1. The first kappa shape index (κ1) is 18.4. The lowest BCUT2D eigenvalue weighted by molar-refractivity contribution is 0.0159. The van der Waals surface area contributed by atoms with Gasteiger partial charge in [0.15, 0.2) is 0 Å². The zero-order chi connectivity index (χ0) is 17.9. The molecule has 2 heterocycles. The second-order valence-electron chi connectivity index (χ2n) is 7.49. The first-order valence-corrected chi connectivity index (χ1v) is 8.53. The third-order valence-electron chi connectivity index (χ3n) is 3.70. The minimum Gasteiger partial charge on any atom is -0.475 e. The minimum atomic E-state index is -0.470. The number of rotatable bonds is 3. The average Bonchev–Trinajstić information content (AvgIpc) is 2.44. The van der Waals surface area contributed by atoms with Crippen molar-refractivity contribution in [2.45, 2.75) is 59.3 Å². The zero-order valence-corrected chi connectivity index (χ0v) is 15.6. The van der Waals surface area contributed by atoms with E-state index < -0.39 is 5.60 Å². The van der Waals surface area contributed by atoms with Gasteiger partial charge in [-0.25, -0.2) is 9.78 Å². The summed E-state index contributed by atoms with van der Waals surface area (Å²) in [5.41, 5.74) is 0.596. The Morgan fingerprint density at radius 2 is 2.04 bits per heavy atom. The number of hydrogen-bond donors (Lipinski definition) is 0. The van der Waals surface area contributed by atoms with Crippen LogP contribution in [-0.4, -0.2) is 53.4 Å². The first-order chi connectivity index (χ1) is 11.2. The van der Waals surface area contributed by atoms with Crippen LogP contribution in [0.3, 0.4) is 0 Å². The van der Waals surface area contributed by atoms with Crippen LogP contribution in [0.2, 0.25) is 0 Å². The molecule has 1 amide bonds. The third kappa shape index (κ3) is 5.01. The Balaban J connectivity index is 2.01.